The van der Waals surface area contributed by atoms with Crippen LogP contribution in [0.25, 0.3) is 0 Å². The molecule has 2 aliphatic rings. The molecule has 21 heavy (non-hydrogen) atoms. The molecular weight excluding hydrogens is 256 g/mol. The van der Waals surface area contributed by atoms with Crippen molar-refractivity contribution in [1.82, 2.24) is 10.2 Å². The maximum atomic E-state index is 3.58. The van der Waals surface area contributed by atoms with E-state index in [0.29, 0.717) is 0 Å². The summed E-state index contributed by atoms with van der Waals surface area (Å²) in [5.74, 6) is 0.997. The Labute approximate surface area is 129 Å². The van der Waals surface area contributed by atoms with E-state index in [-0.39, 0.29) is 5.54 Å². The van der Waals surface area contributed by atoms with Gasteiger partial charge >= 0.3 is 0 Å². The first-order chi connectivity index (χ1) is 9.99. The van der Waals surface area contributed by atoms with Crippen molar-refractivity contribution < 1.29 is 0 Å². The second-order valence-electron chi connectivity index (χ2n) is 8.03. The number of benzene rings is 1. The van der Waals surface area contributed by atoms with Crippen LogP contribution >= 0.6 is 0 Å². The molecule has 0 heterocycles. The van der Waals surface area contributed by atoms with Crippen molar-refractivity contribution >= 4 is 0 Å². The summed E-state index contributed by atoms with van der Waals surface area (Å²) in [6.45, 7) is 10.1. The summed E-state index contributed by atoms with van der Waals surface area (Å²) in [6, 6.07) is 10.0. The molecule has 3 rings (SSSR count). The molecule has 1 N–H and O–H groups in total. The molecule has 2 saturated carbocycles. The van der Waals surface area contributed by atoms with E-state index in [1.165, 1.54) is 43.4 Å². The van der Waals surface area contributed by atoms with E-state index < -0.39 is 0 Å². The minimum atomic E-state index is 0.183. The quantitative estimate of drug-likeness (QED) is 0.816. The second-order valence-corrected chi connectivity index (χ2v) is 8.03. The molecule has 1 aromatic rings. The van der Waals surface area contributed by atoms with Gasteiger partial charge < -0.3 is 5.32 Å². The summed E-state index contributed by atoms with van der Waals surface area (Å²) in [7, 11) is 0. The number of nitrogens with one attached hydrogen (secondary N) is 1. The zero-order valence-electron chi connectivity index (χ0n) is 13.9. The summed E-state index contributed by atoms with van der Waals surface area (Å²) in [4.78, 5) is 2.73. The molecule has 2 fully saturated rings. The van der Waals surface area contributed by atoms with Gasteiger partial charge in [0.1, 0.15) is 0 Å². The average Bonchev–Trinajstić information content (AvgIpc) is 3.27. The van der Waals surface area contributed by atoms with Crippen LogP contribution in [-0.4, -0.2) is 23.0 Å². The zero-order valence-corrected chi connectivity index (χ0v) is 13.9. The van der Waals surface area contributed by atoms with Gasteiger partial charge in [0.05, 0.1) is 0 Å². The Balaban J connectivity index is 1.58. The fourth-order valence-electron chi connectivity index (χ4n) is 2.85. The van der Waals surface area contributed by atoms with Crippen molar-refractivity contribution in [2.75, 3.05) is 6.54 Å². The highest BCUT2D eigenvalue weighted by Crippen LogP contribution is 2.35. The van der Waals surface area contributed by atoms with Crippen LogP contribution in [0.15, 0.2) is 24.3 Å². The molecule has 0 aliphatic heterocycles. The van der Waals surface area contributed by atoms with Gasteiger partial charge in [-0.05, 0) is 63.5 Å². The molecule has 0 radical (unpaired) electrons. The van der Waals surface area contributed by atoms with Gasteiger partial charge in [0, 0.05) is 31.2 Å². The van der Waals surface area contributed by atoms with Crippen LogP contribution in [0.5, 0.6) is 0 Å². The van der Waals surface area contributed by atoms with Crippen LogP contribution in [0.2, 0.25) is 0 Å². The molecule has 116 valence electrons. The lowest BCUT2D eigenvalue weighted by atomic mass is 10.1. The molecule has 2 heteroatoms. The van der Waals surface area contributed by atoms with Crippen molar-refractivity contribution in [2.45, 2.75) is 71.1 Å². The van der Waals surface area contributed by atoms with Gasteiger partial charge in [0.15, 0.2) is 0 Å². The molecule has 0 saturated heterocycles. The monoisotopic (exact) mass is 286 g/mol. The van der Waals surface area contributed by atoms with E-state index in [1.807, 2.05) is 0 Å². The van der Waals surface area contributed by atoms with E-state index in [1.54, 1.807) is 0 Å². The summed E-state index contributed by atoms with van der Waals surface area (Å²) in [6.07, 6.45) is 5.74. The fourth-order valence-corrected chi connectivity index (χ4v) is 2.85. The third-order valence-electron chi connectivity index (χ3n) is 4.45. The van der Waals surface area contributed by atoms with Gasteiger partial charge in [-0.2, -0.15) is 0 Å². The van der Waals surface area contributed by atoms with E-state index >= 15 is 0 Å². The smallest absolute Gasteiger partial charge is 0.0236 e. The largest absolute Gasteiger partial charge is 0.308 e. The fraction of sp³-hybridized carbons (Fsp3) is 0.684. The van der Waals surface area contributed by atoms with Crippen LogP contribution in [0.3, 0.4) is 0 Å². The van der Waals surface area contributed by atoms with Crippen LogP contribution in [0.4, 0.5) is 0 Å². The van der Waals surface area contributed by atoms with E-state index in [4.69, 9.17) is 0 Å². The second kappa shape index (κ2) is 6.10. The molecule has 2 aliphatic carbocycles. The Morgan fingerprint density at radius 2 is 1.81 bits per heavy atom. The van der Waals surface area contributed by atoms with Gasteiger partial charge in [-0.15, -0.1) is 0 Å². The summed E-state index contributed by atoms with van der Waals surface area (Å²) in [5, 5.41) is 3.58. The molecule has 0 amide bonds. The summed E-state index contributed by atoms with van der Waals surface area (Å²) >= 11 is 0. The Bertz CT molecular complexity index is 467. The van der Waals surface area contributed by atoms with Crippen molar-refractivity contribution in [3.8, 4) is 0 Å². The molecule has 0 atom stereocenters. The number of hydrogen-bond acceptors (Lipinski definition) is 2. The third kappa shape index (κ3) is 5.12. The maximum absolute atomic E-state index is 3.58. The van der Waals surface area contributed by atoms with Crippen LogP contribution in [0, 0.1) is 5.92 Å². The van der Waals surface area contributed by atoms with Gasteiger partial charge in [0.25, 0.3) is 0 Å². The van der Waals surface area contributed by atoms with Gasteiger partial charge in [-0.3, -0.25) is 4.90 Å². The summed E-state index contributed by atoms with van der Waals surface area (Å²) in [5.41, 5.74) is 3.07. The highest BCUT2D eigenvalue weighted by molar-refractivity contribution is 5.24. The molecule has 0 spiro atoms. The lowest BCUT2D eigenvalue weighted by Gasteiger charge is -2.23. The van der Waals surface area contributed by atoms with Crippen LogP contribution in [0.1, 0.15) is 57.6 Å². The minimum absolute atomic E-state index is 0.183. The first-order valence-electron chi connectivity index (χ1n) is 8.56. The minimum Gasteiger partial charge on any atom is -0.308 e. The lowest BCUT2D eigenvalue weighted by molar-refractivity contribution is 0.244. The Kier molecular flexibility index (Phi) is 4.37. The van der Waals surface area contributed by atoms with Crippen molar-refractivity contribution in [3.63, 3.8) is 0 Å². The SMILES string of the molecule is CC(C)(C)NCc1cccc(CN(CC2CC2)C2CC2)c1. The van der Waals surface area contributed by atoms with E-state index in [0.717, 1.165) is 25.0 Å². The molecule has 0 aromatic heterocycles. The summed E-state index contributed by atoms with van der Waals surface area (Å²) < 4.78 is 0. The third-order valence-corrected chi connectivity index (χ3v) is 4.45. The normalized spacial score (nSPS) is 19.2. The highest BCUT2D eigenvalue weighted by Gasteiger charge is 2.33. The maximum Gasteiger partial charge on any atom is 0.0236 e. The lowest BCUT2D eigenvalue weighted by Crippen LogP contribution is -2.35. The topological polar surface area (TPSA) is 15.3 Å². The van der Waals surface area contributed by atoms with Crippen LogP contribution in [-0.2, 0) is 13.1 Å². The highest BCUT2D eigenvalue weighted by atomic mass is 15.2. The van der Waals surface area contributed by atoms with E-state index in [2.05, 4.69) is 55.3 Å². The standard InChI is InChI=1S/C19H30N2/c1-19(2,3)20-12-16-5-4-6-17(11-16)14-21(18-9-10-18)13-15-7-8-15/h4-6,11,15,18,20H,7-10,12-14H2,1-3H3. The number of nitrogens with zero attached hydrogens (tertiary/aromatic N) is 1. The molecule has 2 nitrogen and oxygen atoms in total. The first-order valence-corrected chi connectivity index (χ1v) is 8.56. The number of hydrogen-bond donors (Lipinski definition) is 1. The molecular formula is C19H30N2. The zero-order chi connectivity index (χ0) is 14.9. The number of rotatable bonds is 7. The van der Waals surface area contributed by atoms with E-state index in [9.17, 15) is 0 Å². The van der Waals surface area contributed by atoms with Crippen molar-refractivity contribution in [3.05, 3.63) is 35.4 Å². The van der Waals surface area contributed by atoms with Crippen molar-refractivity contribution in [1.29, 1.82) is 0 Å². The van der Waals surface area contributed by atoms with Gasteiger partial charge in [-0.1, -0.05) is 24.3 Å². The Hall–Kier alpha value is -0.860. The van der Waals surface area contributed by atoms with Crippen LogP contribution < -0.4 is 5.32 Å². The molecule has 0 unspecified atom stereocenters. The predicted molar refractivity (Wildman–Crippen MR) is 89.2 cm³/mol. The van der Waals surface area contributed by atoms with Gasteiger partial charge in [0.2, 0.25) is 0 Å². The predicted octanol–water partition coefficient (Wildman–Crippen LogP) is 3.95. The molecule has 1 aromatic carbocycles. The Morgan fingerprint density at radius 1 is 1.10 bits per heavy atom. The average molecular weight is 286 g/mol. The Morgan fingerprint density at radius 3 is 2.43 bits per heavy atom. The first kappa shape index (κ1) is 15.1. The molecule has 0 bridgehead atoms. The van der Waals surface area contributed by atoms with Gasteiger partial charge in [-0.25, -0.2) is 0 Å². The van der Waals surface area contributed by atoms with Crippen molar-refractivity contribution in [2.24, 2.45) is 5.92 Å².